The summed E-state index contributed by atoms with van der Waals surface area (Å²) >= 11 is 0. The molecule has 3 aromatic rings. The number of hydrogen-bond acceptors (Lipinski definition) is 6. The van der Waals surface area contributed by atoms with Crippen LogP contribution < -0.4 is 10.5 Å². The van der Waals surface area contributed by atoms with Gasteiger partial charge in [-0.05, 0) is 49.7 Å². The van der Waals surface area contributed by atoms with Gasteiger partial charge in [0.2, 0.25) is 0 Å². The molecule has 8 nitrogen and oxygen atoms in total. The van der Waals surface area contributed by atoms with Crippen molar-refractivity contribution < 1.29 is 18.0 Å². The van der Waals surface area contributed by atoms with E-state index < -0.39 is 24.8 Å². The molecule has 0 aliphatic rings. The zero-order valence-electron chi connectivity index (χ0n) is 20.3. The SMILES string of the molecule is [2H]C([2H])([2H])n1nc(CN(C)C(=O)c2ccc(F)cc2[C@@H](C)Oc2cc(C)cnc2N)cc1C#N. The maximum atomic E-state index is 14.1. The van der Waals surface area contributed by atoms with Crippen molar-refractivity contribution in [3.8, 4) is 11.8 Å². The highest BCUT2D eigenvalue weighted by molar-refractivity contribution is 5.95. The summed E-state index contributed by atoms with van der Waals surface area (Å²) in [5.74, 6) is -0.544. The standard InChI is InChI=1S/C22H23FN6O2/c1-13-7-20(21(25)26-11-13)31-14(2)19-8-15(23)5-6-18(19)22(30)28(3)12-16-9-17(10-24)29(4)27-16/h5-9,11,14H,12H2,1-4H3,(H2,25,26)/t14-/m1/s1/i4D3. The Labute approximate surface area is 183 Å². The third kappa shape index (κ3) is 4.80. The fourth-order valence-corrected chi connectivity index (χ4v) is 3.07. The maximum absolute atomic E-state index is 14.1. The highest BCUT2D eigenvalue weighted by atomic mass is 19.1. The van der Waals surface area contributed by atoms with Crippen molar-refractivity contribution in [3.05, 3.63) is 70.4 Å². The molecule has 1 atom stereocenters. The first-order valence-electron chi connectivity index (χ1n) is 10.8. The minimum Gasteiger partial charge on any atom is -0.482 e. The number of halogens is 1. The molecule has 160 valence electrons. The highest BCUT2D eigenvalue weighted by Gasteiger charge is 2.22. The van der Waals surface area contributed by atoms with Crippen LogP contribution in [-0.2, 0) is 13.5 Å². The fraction of sp³-hybridized carbons (Fsp3) is 0.273. The smallest absolute Gasteiger partial charge is 0.254 e. The normalized spacial score (nSPS) is 13.5. The fourth-order valence-electron chi connectivity index (χ4n) is 3.07. The average Bonchev–Trinajstić information content (AvgIpc) is 3.19. The van der Waals surface area contributed by atoms with E-state index in [-0.39, 0.29) is 29.3 Å². The largest absolute Gasteiger partial charge is 0.482 e. The van der Waals surface area contributed by atoms with E-state index in [1.807, 2.05) is 6.92 Å². The summed E-state index contributed by atoms with van der Waals surface area (Å²) in [4.78, 5) is 18.5. The molecule has 9 heteroatoms. The van der Waals surface area contributed by atoms with Crippen molar-refractivity contribution in [3.63, 3.8) is 0 Å². The van der Waals surface area contributed by atoms with Gasteiger partial charge in [0.1, 0.15) is 23.7 Å². The number of aromatic nitrogens is 3. The number of aryl methyl sites for hydroxylation is 2. The Hall–Kier alpha value is -3.93. The summed E-state index contributed by atoms with van der Waals surface area (Å²) in [6.45, 7) is 0.776. The minimum absolute atomic E-state index is 0.0720. The number of nitrogens with zero attached hydrogens (tertiary/aromatic N) is 5. The summed E-state index contributed by atoms with van der Waals surface area (Å²) in [5.41, 5.74) is 7.25. The quantitative estimate of drug-likeness (QED) is 0.650. The van der Waals surface area contributed by atoms with Crippen molar-refractivity contribution in [2.24, 2.45) is 6.98 Å². The van der Waals surface area contributed by atoms with Gasteiger partial charge in [-0.2, -0.15) is 10.4 Å². The number of rotatable bonds is 6. The lowest BCUT2D eigenvalue weighted by Gasteiger charge is -2.22. The predicted molar refractivity (Wildman–Crippen MR) is 113 cm³/mol. The van der Waals surface area contributed by atoms with Gasteiger partial charge >= 0.3 is 0 Å². The molecule has 0 radical (unpaired) electrons. The Balaban J connectivity index is 1.87. The van der Waals surface area contributed by atoms with Crippen molar-refractivity contribution in [2.45, 2.75) is 26.5 Å². The number of anilines is 1. The van der Waals surface area contributed by atoms with E-state index in [9.17, 15) is 14.4 Å². The lowest BCUT2D eigenvalue weighted by atomic mass is 10.0. The molecule has 0 saturated carbocycles. The number of pyridine rings is 1. The summed E-state index contributed by atoms with van der Waals surface area (Å²) in [7, 11) is 1.49. The summed E-state index contributed by atoms with van der Waals surface area (Å²) in [5, 5.41) is 13.1. The van der Waals surface area contributed by atoms with Crippen LogP contribution >= 0.6 is 0 Å². The van der Waals surface area contributed by atoms with E-state index in [0.29, 0.717) is 16.0 Å². The number of carbonyl (C=O) groups excluding carboxylic acids is 1. The predicted octanol–water partition coefficient (Wildman–Crippen LogP) is 3.13. The van der Waals surface area contributed by atoms with Crippen LogP contribution in [0.5, 0.6) is 5.75 Å². The van der Waals surface area contributed by atoms with E-state index >= 15 is 0 Å². The first kappa shape index (κ1) is 17.9. The molecule has 0 fully saturated rings. The summed E-state index contributed by atoms with van der Waals surface area (Å²) in [6, 6.07) is 8.51. The van der Waals surface area contributed by atoms with E-state index in [4.69, 9.17) is 14.6 Å². The van der Waals surface area contributed by atoms with Crippen LogP contribution in [0, 0.1) is 24.1 Å². The zero-order valence-corrected chi connectivity index (χ0v) is 17.3. The minimum atomic E-state index is -2.63. The number of nitrogen functional groups attached to an aromatic ring is 1. The molecule has 0 unspecified atom stereocenters. The van der Waals surface area contributed by atoms with Crippen molar-refractivity contribution in [1.82, 2.24) is 19.7 Å². The molecular weight excluding hydrogens is 399 g/mol. The van der Waals surface area contributed by atoms with Crippen LogP contribution in [0.2, 0.25) is 0 Å². The molecule has 0 bridgehead atoms. The van der Waals surface area contributed by atoms with Crippen LogP contribution in [0.3, 0.4) is 0 Å². The van der Waals surface area contributed by atoms with Gasteiger partial charge in [0.15, 0.2) is 11.6 Å². The number of carbonyl (C=O) groups is 1. The van der Waals surface area contributed by atoms with Crippen molar-refractivity contribution >= 4 is 11.7 Å². The van der Waals surface area contributed by atoms with Gasteiger partial charge in [-0.3, -0.25) is 9.48 Å². The van der Waals surface area contributed by atoms with Gasteiger partial charge < -0.3 is 15.4 Å². The van der Waals surface area contributed by atoms with Crippen LogP contribution in [0.1, 0.15) is 50.0 Å². The molecule has 0 aliphatic heterocycles. The molecule has 2 heterocycles. The molecule has 1 amide bonds. The number of nitriles is 1. The van der Waals surface area contributed by atoms with Crippen LogP contribution in [-0.4, -0.2) is 32.6 Å². The second-order valence-corrected chi connectivity index (χ2v) is 7.09. The van der Waals surface area contributed by atoms with Crippen LogP contribution in [0.15, 0.2) is 36.5 Å². The third-order valence-electron chi connectivity index (χ3n) is 4.62. The Morgan fingerprint density at radius 3 is 2.90 bits per heavy atom. The van der Waals surface area contributed by atoms with E-state index in [0.717, 1.165) is 11.6 Å². The van der Waals surface area contributed by atoms with E-state index in [1.54, 1.807) is 25.3 Å². The molecule has 1 aromatic carbocycles. The third-order valence-corrected chi connectivity index (χ3v) is 4.62. The first-order valence-corrected chi connectivity index (χ1v) is 9.34. The van der Waals surface area contributed by atoms with Gasteiger partial charge in [0.25, 0.3) is 5.91 Å². The Morgan fingerprint density at radius 2 is 2.23 bits per heavy atom. The van der Waals surface area contributed by atoms with Gasteiger partial charge in [-0.25, -0.2) is 9.37 Å². The molecule has 31 heavy (non-hydrogen) atoms. The molecule has 2 aromatic heterocycles. The van der Waals surface area contributed by atoms with E-state index in [2.05, 4.69) is 10.1 Å². The number of benzene rings is 1. The molecule has 0 aliphatic carbocycles. The number of amides is 1. The highest BCUT2D eigenvalue weighted by Crippen LogP contribution is 2.29. The average molecular weight is 425 g/mol. The molecule has 2 N–H and O–H groups in total. The van der Waals surface area contributed by atoms with Gasteiger partial charge in [0.05, 0.1) is 12.2 Å². The monoisotopic (exact) mass is 425 g/mol. The molecule has 0 saturated heterocycles. The maximum Gasteiger partial charge on any atom is 0.254 e. The van der Waals surface area contributed by atoms with Gasteiger partial charge in [0, 0.05) is 35.5 Å². The van der Waals surface area contributed by atoms with Crippen molar-refractivity contribution in [2.75, 3.05) is 12.8 Å². The van der Waals surface area contributed by atoms with Crippen molar-refractivity contribution in [1.29, 1.82) is 5.26 Å². The van der Waals surface area contributed by atoms with Gasteiger partial charge in [-0.1, -0.05) is 0 Å². The Morgan fingerprint density at radius 1 is 1.45 bits per heavy atom. The zero-order chi connectivity index (χ0) is 25.2. The van der Waals surface area contributed by atoms with E-state index in [1.165, 1.54) is 30.1 Å². The molecular formula is C22H23FN6O2. The number of nitrogens with two attached hydrogens (primary N) is 1. The Kier molecular flexibility index (Phi) is 5.10. The summed E-state index contributed by atoms with van der Waals surface area (Å²) < 4.78 is 43.1. The first-order chi connectivity index (χ1) is 15.9. The van der Waals surface area contributed by atoms with Crippen LogP contribution in [0.4, 0.5) is 10.2 Å². The second kappa shape index (κ2) is 8.83. The number of ether oxygens (including phenoxy) is 1. The molecule has 3 rings (SSSR count). The second-order valence-electron chi connectivity index (χ2n) is 7.09. The topological polar surface area (TPSA) is 110 Å². The molecule has 0 spiro atoms. The number of hydrogen-bond donors (Lipinski definition) is 1. The lowest BCUT2D eigenvalue weighted by Crippen LogP contribution is -2.28. The Bertz CT molecular complexity index is 1270. The summed E-state index contributed by atoms with van der Waals surface area (Å²) in [6.07, 6.45) is 0.846. The lowest BCUT2D eigenvalue weighted by molar-refractivity contribution is 0.0778. The van der Waals surface area contributed by atoms with Crippen LogP contribution in [0.25, 0.3) is 0 Å². The van der Waals surface area contributed by atoms with Gasteiger partial charge in [-0.15, -0.1) is 0 Å².